The Balaban J connectivity index is 2.71. The van der Waals surface area contributed by atoms with Gasteiger partial charge in [-0.2, -0.15) is 0 Å². The van der Waals surface area contributed by atoms with E-state index < -0.39 is 0 Å². The molecule has 0 aliphatic rings. The first-order chi connectivity index (χ1) is 7.24. The number of anilines is 2. The van der Waals surface area contributed by atoms with Crippen molar-refractivity contribution in [2.75, 3.05) is 25.0 Å². The number of hydrogen-bond acceptors (Lipinski definition) is 4. The summed E-state index contributed by atoms with van der Waals surface area (Å²) in [7, 11) is 3.48. The number of aromatic nitrogens is 1. The van der Waals surface area contributed by atoms with Crippen LogP contribution in [0.5, 0.6) is 0 Å². The van der Waals surface area contributed by atoms with Crippen molar-refractivity contribution in [2.24, 2.45) is 0 Å². The Kier molecular flexibility index (Phi) is 2.43. The van der Waals surface area contributed by atoms with Crippen LogP contribution < -0.4 is 10.8 Å². The van der Waals surface area contributed by atoms with E-state index in [1.54, 1.807) is 24.6 Å². The molecule has 0 aliphatic heterocycles. The minimum atomic E-state index is 0.728. The Hall–Kier alpha value is -1.81. The fourth-order valence-corrected chi connectivity index (χ4v) is 1.57. The van der Waals surface area contributed by atoms with Crippen LogP contribution in [0.2, 0.25) is 0 Å². The van der Waals surface area contributed by atoms with E-state index in [4.69, 9.17) is 10.6 Å². The molecule has 2 rings (SSSR count). The maximum Gasteiger partial charge on any atom is 0.0714 e. The predicted octanol–water partition coefficient (Wildman–Crippen LogP) is 1.81. The number of fused-ring (bicyclic) bond motifs is 1. The second kappa shape index (κ2) is 3.74. The van der Waals surface area contributed by atoms with E-state index in [2.05, 4.69) is 4.98 Å². The molecule has 0 amide bonds. The summed E-state index contributed by atoms with van der Waals surface area (Å²) in [6, 6.07) is 5.71. The van der Waals surface area contributed by atoms with Gasteiger partial charge in [-0.25, -0.2) is 0 Å². The lowest BCUT2D eigenvalue weighted by Crippen LogP contribution is -2.15. The van der Waals surface area contributed by atoms with Crippen LogP contribution in [-0.4, -0.2) is 19.1 Å². The minimum Gasteiger partial charge on any atom is -0.398 e. The van der Waals surface area contributed by atoms with Crippen LogP contribution in [0.25, 0.3) is 10.8 Å². The Labute approximate surface area is 88.2 Å². The summed E-state index contributed by atoms with van der Waals surface area (Å²) in [5, 5.41) is 3.68. The number of nitrogen functional groups attached to an aromatic ring is 1. The molecular weight excluding hydrogens is 190 g/mol. The van der Waals surface area contributed by atoms with Gasteiger partial charge in [0.1, 0.15) is 0 Å². The topological polar surface area (TPSA) is 51.4 Å². The highest BCUT2D eigenvalue weighted by Crippen LogP contribution is 2.29. The molecule has 78 valence electrons. The summed E-state index contributed by atoms with van der Waals surface area (Å²) in [6.45, 7) is 0. The maximum absolute atomic E-state index is 5.87. The summed E-state index contributed by atoms with van der Waals surface area (Å²) in [5.41, 5.74) is 7.57. The third kappa shape index (κ3) is 1.59. The maximum atomic E-state index is 5.87. The zero-order valence-electron chi connectivity index (χ0n) is 8.77. The third-order valence-corrected chi connectivity index (χ3v) is 2.44. The normalized spacial score (nSPS) is 10.5. The van der Waals surface area contributed by atoms with Crippen LogP contribution >= 0.6 is 0 Å². The van der Waals surface area contributed by atoms with Crippen LogP contribution in [0.4, 0.5) is 11.4 Å². The molecule has 1 aromatic carbocycles. The lowest BCUT2D eigenvalue weighted by Gasteiger charge is -2.18. The summed E-state index contributed by atoms with van der Waals surface area (Å²) in [6.07, 6.45) is 3.51. The first kappa shape index (κ1) is 9.73. The van der Waals surface area contributed by atoms with Crippen molar-refractivity contribution >= 4 is 22.1 Å². The first-order valence-electron chi connectivity index (χ1n) is 4.64. The molecule has 0 atom stereocenters. The second-order valence-electron chi connectivity index (χ2n) is 3.28. The molecule has 4 heteroatoms. The van der Waals surface area contributed by atoms with E-state index in [-0.39, 0.29) is 0 Å². The van der Waals surface area contributed by atoms with Gasteiger partial charge in [0.15, 0.2) is 0 Å². The summed E-state index contributed by atoms with van der Waals surface area (Å²) < 4.78 is 0. The molecule has 2 N–H and O–H groups in total. The Morgan fingerprint density at radius 1 is 1.27 bits per heavy atom. The lowest BCUT2D eigenvalue weighted by molar-refractivity contribution is 0.185. The number of nitrogens with two attached hydrogens (primary N) is 1. The molecule has 0 unspecified atom stereocenters. The van der Waals surface area contributed by atoms with E-state index in [0.29, 0.717) is 0 Å². The van der Waals surface area contributed by atoms with E-state index in [1.165, 1.54) is 0 Å². The molecule has 1 heterocycles. The summed E-state index contributed by atoms with van der Waals surface area (Å²) in [4.78, 5) is 9.22. The number of nitrogens with zero attached hydrogens (tertiary/aromatic N) is 2. The lowest BCUT2D eigenvalue weighted by atomic mass is 10.1. The number of benzene rings is 1. The molecule has 0 spiro atoms. The van der Waals surface area contributed by atoms with Gasteiger partial charge >= 0.3 is 0 Å². The van der Waals surface area contributed by atoms with Crippen LogP contribution in [0, 0.1) is 0 Å². The van der Waals surface area contributed by atoms with Crippen molar-refractivity contribution in [1.29, 1.82) is 0 Å². The van der Waals surface area contributed by atoms with Crippen LogP contribution in [0.15, 0.2) is 30.6 Å². The van der Waals surface area contributed by atoms with Crippen LogP contribution in [-0.2, 0) is 4.84 Å². The number of rotatable bonds is 2. The van der Waals surface area contributed by atoms with E-state index in [1.807, 2.05) is 25.2 Å². The Morgan fingerprint density at radius 2 is 2.07 bits per heavy atom. The van der Waals surface area contributed by atoms with Crippen molar-refractivity contribution in [1.82, 2.24) is 4.98 Å². The quantitative estimate of drug-likeness (QED) is 0.597. The zero-order chi connectivity index (χ0) is 10.8. The van der Waals surface area contributed by atoms with Gasteiger partial charge in [0.05, 0.1) is 12.8 Å². The van der Waals surface area contributed by atoms with E-state index in [9.17, 15) is 0 Å². The summed E-state index contributed by atoms with van der Waals surface area (Å²) >= 11 is 0. The predicted molar refractivity (Wildman–Crippen MR) is 61.6 cm³/mol. The highest BCUT2D eigenvalue weighted by molar-refractivity contribution is 6.00. The molecule has 0 radical (unpaired) electrons. The largest absolute Gasteiger partial charge is 0.398 e. The molecule has 0 saturated carbocycles. The molecule has 0 saturated heterocycles. The highest BCUT2D eigenvalue weighted by Gasteiger charge is 2.07. The molecule has 0 bridgehead atoms. The van der Waals surface area contributed by atoms with Crippen molar-refractivity contribution in [3.63, 3.8) is 0 Å². The fraction of sp³-hybridized carbons (Fsp3) is 0.182. The SMILES string of the molecule is CON(C)c1ccc(N)c2cnccc12. The van der Waals surface area contributed by atoms with Crippen molar-refractivity contribution < 1.29 is 4.84 Å². The second-order valence-corrected chi connectivity index (χ2v) is 3.28. The summed E-state index contributed by atoms with van der Waals surface area (Å²) in [5.74, 6) is 0. The van der Waals surface area contributed by atoms with Gasteiger partial charge in [-0.3, -0.25) is 14.9 Å². The number of hydroxylamine groups is 1. The van der Waals surface area contributed by atoms with Gasteiger partial charge in [-0.05, 0) is 18.2 Å². The minimum absolute atomic E-state index is 0.728. The smallest absolute Gasteiger partial charge is 0.0714 e. The van der Waals surface area contributed by atoms with Crippen LogP contribution in [0.1, 0.15) is 0 Å². The number of pyridine rings is 1. The van der Waals surface area contributed by atoms with E-state index in [0.717, 1.165) is 22.1 Å². The molecule has 15 heavy (non-hydrogen) atoms. The van der Waals surface area contributed by atoms with Gasteiger partial charge in [0, 0.05) is 35.9 Å². The van der Waals surface area contributed by atoms with E-state index >= 15 is 0 Å². The fourth-order valence-electron chi connectivity index (χ4n) is 1.57. The van der Waals surface area contributed by atoms with Gasteiger partial charge in [0.25, 0.3) is 0 Å². The molecule has 1 aromatic heterocycles. The Morgan fingerprint density at radius 3 is 2.80 bits per heavy atom. The van der Waals surface area contributed by atoms with Gasteiger partial charge in [0.2, 0.25) is 0 Å². The molecule has 0 aliphatic carbocycles. The standard InChI is InChI=1S/C11H13N3O/c1-14(15-2)11-4-3-10(12)9-7-13-6-5-8(9)11/h3-7H,12H2,1-2H3. The average molecular weight is 203 g/mol. The molecule has 4 nitrogen and oxygen atoms in total. The first-order valence-corrected chi connectivity index (χ1v) is 4.64. The Bertz CT molecular complexity index is 484. The zero-order valence-corrected chi connectivity index (χ0v) is 8.77. The van der Waals surface area contributed by atoms with Gasteiger partial charge in [-0.1, -0.05) is 0 Å². The van der Waals surface area contributed by atoms with Crippen molar-refractivity contribution in [3.05, 3.63) is 30.6 Å². The molecular formula is C11H13N3O. The van der Waals surface area contributed by atoms with Gasteiger partial charge < -0.3 is 5.73 Å². The number of hydrogen-bond donors (Lipinski definition) is 1. The van der Waals surface area contributed by atoms with Gasteiger partial charge in [-0.15, -0.1) is 0 Å². The average Bonchev–Trinajstić information content (AvgIpc) is 2.29. The van der Waals surface area contributed by atoms with Crippen molar-refractivity contribution in [2.45, 2.75) is 0 Å². The highest BCUT2D eigenvalue weighted by atomic mass is 16.7. The molecule has 2 aromatic rings. The van der Waals surface area contributed by atoms with Crippen molar-refractivity contribution in [3.8, 4) is 0 Å². The third-order valence-electron chi connectivity index (χ3n) is 2.44. The molecule has 0 fully saturated rings. The monoisotopic (exact) mass is 203 g/mol. The van der Waals surface area contributed by atoms with Crippen LogP contribution in [0.3, 0.4) is 0 Å².